The van der Waals surface area contributed by atoms with Gasteiger partial charge < -0.3 is 9.80 Å². The van der Waals surface area contributed by atoms with E-state index in [0.717, 1.165) is 10.2 Å². The lowest BCUT2D eigenvalue weighted by Gasteiger charge is -2.18. The number of hydrogen-bond donors (Lipinski definition) is 0. The smallest absolute Gasteiger partial charge is 0.227 e. The number of rotatable bonds is 2. The molecular weight excluding hydrogens is 296 g/mol. The van der Waals surface area contributed by atoms with Crippen molar-refractivity contribution in [2.45, 2.75) is 6.42 Å². The second-order valence-electron chi connectivity index (χ2n) is 4.61. The van der Waals surface area contributed by atoms with E-state index in [4.69, 9.17) is 0 Å². The van der Waals surface area contributed by atoms with Crippen LogP contribution in [0.1, 0.15) is 6.42 Å². The van der Waals surface area contributed by atoms with Crippen LogP contribution < -0.4 is 4.90 Å². The summed E-state index contributed by atoms with van der Waals surface area (Å²) in [6, 6.07) is 7.54. The van der Waals surface area contributed by atoms with Gasteiger partial charge in [-0.1, -0.05) is 15.9 Å². The molecule has 1 aromatic rings. The van der Waals surface area contributed by atoms with Crippen LogP contribution in [0.2, 0.25) is 0 Å². The largest absolute Gasteiger partial charge is 0.349 e. The first kappa shape index (κ1) is 13.1. The lowest BCUT2D eigenvalue weighted by Crippen LogP contribution is -2.32. The van der Waals surface area contributed by atoms with Crippen molar-refractivity contribution < 1.29 is 9.59 Å². The van der Waals surface area contributed by atoms with Crippen molar-refractivity contribution in [1.82, 2.24) is 4.90 Å². The van der Waals surface area contributed by atoms with Crippen LogP contribution in [0.4, 0.5) is 5.69 Å². The molecule has 0 spiro atoms. The van der Waals surface area contributed by atoms with Gasteiger partial charge in [-0.3, -0.25) is 9.59 Å². The van der Waals surface area contributed by atoms with Crippen molar-refractivity contribution in [3.05, 3.63) is 28.7 Å². The molecule has 1 saturated heterocycles. The van der Waals surface area contributed by atoms with Crippen LogP contribution in [0.15, 0.2) is 28.7 Å². The molecule has 1 fully saturated rings. The summed E-state index contributed by atoms with van der Waals surface area (Å²) in [4.78, 5) is 27.0. The third-order valence-electron chi connectivity index (χ3n) is 3.05. The number of carbonyl (C=O) groups excluding carboxylic acids is 2. The van der Waals surface area contributed by atoms with E-state index in [-0.39, 0.29) is 17.7 Å². The maximum absolute atomic E-state index is 11.9. The maximum atomic E-state index is 11.9. The average Bonchev–Trinajstić information content (AvgIpc) is 2.71. The zero-order valence-electron chi connectivity index (χ0n) is 10.4. The SMILES string of the molecule is CN(C)C(=O)[C@H]1CC(=O)N(c2ccc(Br)cc2)C1. The Bertz CT molecular complexity index is 470. The van der Waals surface area contributed by atoms with E-state index in [0.29, 0.717) is 13.0 Å². The Balaban J connectivity index is 2.15. The Labute approximate surface area is 115 Å². The molecule has 1 aliphatic rings. The van der Waals surface area contributed by atoms with Gasteiger partial charge in [0, 0.05) is 37.2 Å². The Kier molecular flexibility index (Phi) is 3.71. The molecule has 1 aliphatic heterocycles. The number of halogens is 1. The monoisotopic (exact) mass is 310 g/mol. The number of carbonyl (C=O) groups is 2. The number of benzene rings is 1. The molecule has 0 N–H and O–H groups in total. The van der Waals surface area contributed by atoms with Gasteiger partial charge in [-0.25, -0.2) is 0 Å². The molecule has 0 radical (unpaired) electrons. The third-order valence-corrected chi connectivity index (χ3v) is 3.58. The van der Waals surface area contributed by atoms with Crippen LogP contribution in [0.3, 0.4) is 0 Å². The van der Waals surface area contributed by atoms with Gasteiger partial charge >= 0.3 is 0 Å². The molecule has 18 heavy (non-hydrogen) atoms. The quantitative estimate of drug-likeness (QED) is 0.837. The van der Waals surface area contributed by atoms with Gasteiger partial charge in [0.2, 0.25) is 11.8 Å². The van der Waals surface area contributed by atoms with Crippen molar-refractivity contribution in [2.75, 3.05) is 25.5 Å². The molecule has 96 valence electrons. The molecule has 2 amide bonds. The second-order valence-corrected chi connectivity index (χ2v) is 5.53. The lowest BCUT2D eigenvalue weighted by molar-refractivity contribution is -0.133. The summed E-state index contributed by atoms with van der Waals surface area (Å²) >= 11 is 3.36. The summed E-state index contributed by atoms with van der Waals surface area (Å²) in [6.07, 6.45) is 0.299. The summed E-state index contributed by atoms with van der Waals surface area (Å²) in [6.45, 7) is 0.470. The second kappa shape index (κ2) is 5.10. The third kappa shape index (κ3) is 2.56. The fraction of sp³-hybridized carbons (Fsp3) is 0.385. The van der Waals surface area contributed by atoms with E-state index < -0.39 is 0 Å². The van der Waals surface area contributed by atoms with Gasteiger partial charge in [0.25, 0.3) is 0 Å². The molecule has 0 unspecified atom stereocenters. The van der Waals surface area contributed by atoms with Crippen molar-refractivity contribution >= 4 is 33.4 Å². The lowest BCUT2D eigenvalue weighted by atomic mass is 10.1. The molecule has 0 aliphatic carbocycles. The highest BCUT2D eigenvalue weighted by molar-refractivity contribution is 9.10. The van der Waals surface area contributed by atoms with E-state index in [1.54, 1.807) is 23.9 Å². The number of nitrogens with zero attached hydrogens (tertiary/aromatic N) is 2. The molecule has 0 saturated carbocycles. The van der Waals surface area contributed by atoms with Crippen LogP contribution in [-0.4, -0.2) is 37.4 Å². The molecule has 1 atom stereocenters. The summed E-state index contributed by atoms with van der Waals surface area (Å²) < 4.78 is 0.971. The van der Waals surface area contributed by atoms with Crippen molar-refractivity contribution in [3.8, 4) is 0 Å². The standard InChI is InChI=1S/C13H15BrN2O2/c1-15(2)13(18)9-7-12(17)16(8-9)11-5-3-10(14)4-6-11/h3-6,9H,7-8H2,1-2H3/t9-/m0/s1. The van der Waals surface area contributed by atoms with Gasteiger partial charge in [0.05, 0.1) is 5.92 Å². The highest BCUT2D eigenvalue weighted by atomic mass is 79.9. The van der Waals surface area contributed by atoms with Gasteiger partial charge in [0.15, 0.2) is 0 Å². The first-order valence-corrected chi connectivity index (χ1v) is 6.55. The molecule has 1 heterocycles. The van der Waals surface area contributed by atoms with Crippen LogP contribution in [0.25, 0.3) is 0 Å². The zero-order valence-corrected chi connectivity index (χ0v) is 12.0. The predicted molar refractivity (Wildman–Crippen MR) is 73.3 cm³/mol. The Hall–Kier alpha value is -1.36. The predicted octanol–water partition coefficient (Wildman–Crippen LogP) is 1.89. The van der Waals surface area contributed by atoms with Crippen LogP contribution in [0, 0.1) is 5.92 Å². The van der Waals surface area contributed by atoms with E-state index in [9.17, 15) is 9.59 Å². The van der Waals surface area contributed by atoms with Gasteiger partial charge in [-0.2, -0.15) is 0 Å². The Morgan fingerprint density at radius 1 is 1.33 bits per heavy atom. The molecule has 0 bridgehead atoms. The molecule has 5 heteroatoms. The number of anilines is 1. The fourth-order valence-electron chi connectivity index (χ4n) is 2.11. The van der Waals surface area contributed by atoms with Gasteiger partial charge in [-0.15, -0.1) is 0 Å². The topological polar surface area (TPSA) is 40.6 Å². The Morgan fingerprint density at radius 3 is 2.50 bits per heavy atom. The van der Waals surface area contributed by atoms with E-state index in [1.165, 1.54) is 0 Å². The summed E-state index contributed by atoms with van der Waals surface area (Å²) in [7, 11) is 3.43. The van der Waals surface area contributed by atoms with E-state index >= 15 is 0 Å². The highest BCUT2D eigenvalue weighted by Gasteiger charge is 2.35. The minimum Gasteiger partial charge on any atom is -0.349 e. The van der Waals surface area contributed by atoms with E-state index in [1.807, 2.05) is 24.3 Å². The summed E-state index contributed by atoms with van der Waals surface area (Å²) in [5.74, 6) is -0.198. The minimum absolute atomic E-state index is 0.0116. The molecular formula is C13H15BrN2O2. The van der Waals surface area contributed by atoms with E-state index in [2.05, 4.69) is 15.9 Å². The highest BCUT2D eigenvalue weighted by Crippen LogP contribution is 2.27. The first-order chi connectivity index (χ1) is 8.49. The summed E-state index contributed by atoms with van der Waals surface area (Å²) in [5.41, 5.74) is 0.845. The first-order valence-electron chi connectivity index (χ1n) is 5.76. The zero-order chi connectivity index (χ0) is 13.3. The summed E-state index contributed by atoms with van der Waals surface area (Å²) in [5, 5.41) is 0. The van der Waals surface area contributed by atoms with Crippen LogP contribution in [-0.2, 0) is 9.59 Å². The van der Waals surface area contributed by atoms with Crippen LogP contribution >= 0.6 is 15.9 Å². The van der Waals surface area contributed by atoms with Gasteiger partial charge in [-0.05, 0) is 24.3 Å². The maximum Gasteiger partial charge on any atom is 0.227 e. The van der Waals surface area contributed by atoms with Crippen molar-refractivity contribution in [2.24, 2.45) is 5.92 Å². The normalized spacial score (nSPS) is 19.2. The average molecular weight is 311 g/mol. The Morgan fingerprint density at radius 2 is 1.94 bits per heavy atom. The van der Waals surface area contributed by atoms with Crippen molar-refractivity contribution in [3.63, 3.8) is 0 Å². The fourth-order valence-corrected chi connectivity index (χ4v) is 2.37. The number of amides is 2. The molecule has 2 rings (SSSR count). The van der Waals surface area contributed by atoms with Crippen LogP contribution in [0.5, 0.6) is 0 Å². The van der Waals surface area contributed by atoms with Crippen molar-refractivity contribution in [1.29, 1.82) is 0 Å². The molecule has 4 nitrogen and oxygen atoms in total. The molecule has 0 aromatic heterocycles. The number of hydrogen-bond acceptors (Lipinski definition) is 2. The minimum atomic E-state index is -0.226. The molecule has 1 aromatic carbocycles. The van der Waals surface area contributed by atoms with Gasteiger partial charge in [0.1, 0.15) is 0 Å².